The maximum atomic E-state index is 15.0. The molecule has 4 aromatic carbocycles. The van der Waals surface area contributed by atoms with Crippen LogP contribution in [0.4, 0.5) is 5.69 Å². The summed E-state index contributed by atoms with van der Waals surface area (Å²) in [6, 6.07) is 25.4. The number of ether oxygens (including phenoxy) is 3. The van der Waals surface area contributed by atoms with E-state index in [9.17, 15) is 14.4 Å². The van der Waals surface area contributed by atoms with E-state index in [-0.39, 0.29) is 17.5 Å². The topological polar surface area (TPSA) is 94.2 Å². The maximum Gasteiger partial charge on any atom is 0.238 e. The summed E-state index contributed by atoms with van der Waals surface area (Å²) in [6.07, 6.45) is 3.79. The Morgan fingerprint density at radius 2 is 1.52 bits per heavy atom. The second-order valence-electron chi connectivity index (χ2n) is 11.1. The van der Waals surface area contributed by atoms with Crippen molar-refractivity contribution >= 4 is 29.2 Å². The fourth-order valence-electron chi connectivity index (χ4n) is 7.28. The molecule has 3 aliphatic heterocycles. The Kier molecular flexibility index (Phi) is 6.50. The van der Waals surface area contributed by atoms with Crippen LogP contribution in [0.1, 0.15) is 43.4 Å². The zero-order chi connectivity index (χ0) is 30.6. The van der Waals surface area contributed by atoms with Crippen molar-refractivity contribution in [2.45, 2.75) is 17.5 Å². The highest BCUT2D eigenvalue weighted by atomic mass is 16.5. The van der Waals surface area contributed by atoms with Crippen molar-refractivity contribution in [1.29, 1.82) is 0 Å². The molecule has 1 amide bonds. The van der Waals surface area contributed by atoms with Crippen LogP contribution in [-0.2, 0) is 10.2 Å². The number of nitrogens with zero attached hydrogens (tertiary/aromatic N) is 1. The standard InChI is InChI=1S/C36H30N2O6/c1-42-24-11-8-10-22(19-24)32(39)30-31(33(40)23-15-16-28(43-2)29(20-23)44-3)38-18-17-21-9-4-5-12-25(21)34(38)36(30)26-13-6-7-14-27(26)37-35(36)41/h4-20,30-31,34H,1-3H3,(H,37,41)/t30-,31+,34-,36-/m0/s1. The summed E-state index contributed by atoms with van der Waals surface area (Å²) in [6.45, 7) is 0. The fourth-order valence-corrected chi connectivity index (χ4v) is 7.28. The molecule has 8 nitrogen and oxygen atoms in total. The third kappa shape index (κ3) is 3.80. The van der Waals surface area contributed by atoms with Crippen LogP contribution in [0, 0.1) is 5.92 Å². The van der Waals surface area contributed by atoms with Gasteiger partial charge in [0, 0.05) is 23.0 Å². The van der Waals surface area contributed by atoms with Crippen molar-refractivity contribution in [3.05, 3.63) is 125 Å². The van der Waals surface area contributed by atoms with Gasteiger partial charge in [0.1, 0.15) is 17.2 Å². The minimum absolute atomic E-state index is 0.310. The highest BCUT2D eigenvalue weighted by Crippen LogP contribution is 2.62. The summed E-state index contributed by atoms with van der Waals surface area (Å²) < 4.78 is 16.4. The van der Waals surface area contributed by atoms with Crippen LogP contribution in [0.2, 0.25) is 0 Å². The largest absolute Gasteiger partial charge is 0.497 e. The van der Waals surface area contributed by atoms with E-state index in [4.69, 9.17) is 14.2 Å². The summed E-state index contributed by atoms with van der Waals surface area (Å²) >= 11 is 0. The number of amides is 1. The number of nitrogens with one attached hydrogen (secondary N) is 1. The molecular weight excluding hydrogens is 556 g/mol. The molecule has 0 aromatic heterocycles. The van der Waals surface area contributed by atoms with Gasteiger partial charge in [-0.25, -0.2) is 0 Å². The normalized spacial score (nSPS) is 22.6. The van der Waals surface area contributed by atoms with Gasteiger partial charge in [-0.05, 0) is 59.2 Å². The first kappa shape index (κ1) is 27.5. The summed E-state index contributed by atoms with van der Waals surface area (Å²) in [5.74, 6) is -0.677. The number of methoxy groups -OCH3 is 3. The van der Waals surface area contributed by atoms with E-state index in [1.165, 1.54) is 21.3 Å². The summed E-state index contributed by atoms with van der Waals surface area (Å²) in [4.78, 5) is 46.3. The van der Waals surface area contributed by atoms with Gasteiger partial charge < -0.3 is 24.4 Å². The first-order valence-electron chi connectivity index (χ1n) is 14.3. The average Bonchev–Trinajstić information content (AvgIpc) is 3.55. The van der Waals surface area contributed by atoms with Crippen molar-refractivity contribution in [3.8, 4) is 17.2 Å². The minimum atomic E-state index is -1.42. The van der Waals surface area contributed by atoms with Crippen LogP contribution >= 0.6 is 0 Å². The minimum Gasteiger partial charge on any atom is -0.497 e. The molecule has 4 atom stereocenters. The number of Topliss-reactive ketones (excluding diaryl/α,β-unsaturated/α-hetero) is 2. The lowest BCUT2D eigenvalue weighted by Crippen LogP contribution is -2.49. The molecule has 7 rings (SSSR count). The molecule has 0 radical (unpaired) electrons. The molecule has 220 valence electrons. The lowest BCUT2D eigenvalue weighted by atomic mass is 9.62. The van der Waals surface area contributed by atoms with E-state index in [0.29, 0.717) is 39.6 Å². The number of benzene rings is 4. The Balaban J connectivity index is 1.52. The van der Waals surface area contributed by atoms with E-state index in [0.717, 1.165) is 11.1 Å². The third-order valence-corrected chi connectivity index (χ3v) is 9.14. The van der Waals surface area contributed by atoms with Crippen molar-refractivity contribution in [1.82, 2.24) is 4.90 Å². The second kappa shape index (κ2) is 10.4. The Morgan fingerprint density at radius 3 is 2.32 bits per heavy atom. The Bertz CT molecular complexity index is 1870. The van der Waals surface area contributed by atoms with Crippen molar-refractivity contribution < 1.29 is 28.6 Å². The van der Waals surface area contributed by atoms with Gasteiger partial charge in [0.2, 0.25) is 5.91 Å². The van der Waals surface area contributed by atoms with E-state index in [1.54, 1.807) is 42.5 Å². The van der Waals surface area contributed by atoms with Gasteiger partial charge in [-0.2, -0.15) is 0 Å². The molecule has 1 fully saturated rings. The van der Waals surface area contributed by atoms with Crippen molar-refractivity contribution in [2.75, 3.05) is 26.6 Å². The molecule has 8 heteroatoms. The summed E-state index contributed by atoms with van der Waals surface area (Å²) in [5.41, 5.74) is 2.39. The number of ketones is 2. The Labute approximate surface area is 254 Å². The van der Waals surface area contributed by atoms with E-state index in [1.807, 2.05) is 65.7 Å². The van der Waals surface area contributed by atoms with Crippen LogP contribution in [0.25, 0.3) is 6.08 Å². The van der Waals surface area contributed by atoms with Crippen LogP contribution in [0.15, 0.2) is 97.2 Å². The molecule has 0 bridgehead atoms. The summed E-state index contributed by atoms with van der Waals surface area (Å²) in [7, 11) is 4.57. The number of para-hydroxylation sites is 1. The third-order valence-electron chi connectivity index (χ3n) is 9.14. The number of anilines is 1. The SMILES string of the molecule is COc1cccc(C(=O)[C@@H]2[C@H](C(=O)c3ccc(OC)c(OC)c3)N3C=Cc4ccccc4[C@H]3[C@@]23C(=O)Nc2ccccc23)c1. The number of hydrogen-bond acceptors (Lipinski definition) is 7. The predicted molar refractivity (Wildman–Crippen MR) is 165 cm³/mol. The van der Waals surface area contributed by atoms with Crippen molar-refractivity contribution in [3.63, 3.8) is 0 Å². The van der Waals surface area contributed by atoms with Crippen LogP contribution in [0.5, 0.6) is 17.2 Å². The quantitative estimate of drug-likeness (QED) is 0.278. The lowest BCUT2D eigenvalue weighted by molar-refractivity contribution is -0.122. The lowest BCUT2D eigenvalue weighted by Gasteiger charge is -2.38. The number of carbonyl (C=O) groups is 3. The molecule has 1 N–H and O–H groups in total. The molecule has 1 spiro atoms. The van der Waals surface area contributed by atoms with Gasteiger partial charge in [0.15, 0.2) is 23.1 Å². The predicted octanol–water partition coefficient (Wildman–Crippen LogP) is 5.69. The van der Waals surface area contributed by atoms with E-state index in [2.05, 4.69) is 5.32 Å². The van der Waals surface area contributed by atoms with Crippen molar-refractivity contribution in [2.24, 2.45) is 5.92 Å². The smallest absolute Gasteiger partial charge is 0.238 e. The Morgan fingerprint density at radius 1 is 0.773 bits per heavy atom. The van der Waals surface area contributed by atoms with Gasteiger partial charge in [0.05, 0.1) is 33.3 Å². The van der Waals surface area contributed by atoms with Gasteiger partial charge in [0.25, 0.3) is 0 Å². The van der Waals surface area contributed by atoms with Crippen LogP contribution in [0.3, 0.4) is 0 Å². The zero-order valence-electron chi connectivity index (χ0n) is 24.4. The maximum absolute atomic E-state index is 15.0. The molecular formula is C36H30N2O6. The number of hydrogen-bond donors (Lipinski definition) is 1. The number of carbonyl (C=O) groups excluding carboxylic acids is 3. The Hall–Kier alpha value is -5.37. The van der Waals surface area contributed by atoms with E-state index < -0.39 is 23.4 Å². The molecule has 0 saturated carbocycles. The molecule has 3 aliphatic rings. The highest BCUT2D eigenvalue weighted by molar-refractivity contribution is 6.16. The number of rotatable bonds is 7. The van der Waals surface area contributed by atoms with Crippen LogP contribution < -0.4 is 19.5 Å². The molecule has 44 heavy (non-hydrogen) atoms. The molecule has 1 saturated heterocycles. The van der Waals surface area contributed by atoms with Gasteiger partial charge >= 0.3 is 0 Å². The van der Waals surface area contributed by atoms with Gasteiger partial charge in [-0.1, -0.05) is 54.6 Å². The van der Waals surface area contributed by atoms with E-state index >= 15 is 0 Å². The monoisotopic (exact) mass is 586 g/mol. The molecule has 0 unspecified atom stereocenters. The first-order chi connectivity index (χ1) is 21.4. The fraction of sp³-hybridized carbons (Fsp3) is 0.194. The molecule has 4 aromatic rings. The van der Waals surface area contributed by atoms with Gasteiger partial charge in [-0.3, -0.25) is 14.4 Å². The summed E-state index contributed by atoms with van der Waals surface area (Å²) in [5, 5.41) is 3.07. The highest BCUT2D eigenvalue weighted by Gasteiger charge is 2.70. The molecule has 0 aliphatic carbocycles. The average molecular weight is 587 g/mol. The second-order valence-corrected chi connectivity index (χ2v) is 11.1. The van der Waals surface area contributed by atoms with Gasteiger partial charge in [-0.15, -0.1) is 0 Å². The first-order valence-corrected chi connectivity index (χ1v) is 14.3. The molecule has 3 heterocycles. The number of fused-ring (bicyclic) bond motifs is 6. The van der Waals surface area contributed by atoms with Crippen LogP contribution in [-0.4, -0.2) is 49.7 Å². The zero-order valence-corrected chi connectivity index (χ0v) is 24.4.